The van der Waals surface area contributed by atoms with Crippen molar-refractivity contribution < 1.29 is 4.79 Å². The van der Waals surface area contributed by atoms with E-state index in [2.05, 4.69) is 31.3 Å². The van der Waals surface area contributed by atoms with Crippen LogP contribution in [0.15, 0.2) is 24.3 Å². The summed E-state index contributed by atoms with van der Waals surface area (Å²) in [5, 5.41) is 7.68. The van der Waals surface area contributed by atoms with E-state index in [1.165, 1.54) is 0 Å². The van der Waals surface area contributed by atoms with Crippen molar-refractivity contribution in [2.45, 2.75) is 40.2 Å². The molecule has 0 unspecified atom stereocenters. The first-order chi connectivity index (χ1) is 11.4. The van der Waals surface area contributed by atoms with Crippen molar-refractivity contribution in [3.05, 3.63) is 41.1 Å². The summed E-state index contributed by atoms with van der Waals surface area (Å²) < 4.78 is 2.03. The molecule has 0 saturated carbocycles. The zero-order valence-corrected chi connectivity index (χ0v) is 14.3. The normalized spacial score (nSPS) is 13.6. The third kappa shape index (κ3) is 2.19. The maximum Gasteiger partial charge on any atom is 0.228 e. The second kappa shape index (κ2) is 5.16. The van der Waals surface area contributed by atoms with Gasteiger partial charge in [0.05, 0.1) is 12.1 Å². The van der Waals surface area contributed by atoms with Gasteiger partial charge in [0.1, 0.15) is 11.0 Å². The molecular formula is C19H20N4O. The molecule has 0 fully saturated rings. The molecule has 0 spiro atoms. The zero-order chi connectivity index (χ0) is 17.0. The Bertz CT molecular complexity index is 985. The molecule has 3 aromatic rings. The number of hydrogen-bond donors (Lipinski definition) is 1. The molecule has 0 atom stereocenters. The molecule has 1 aliphatic heterocycles. The van der Waals surface area contributed by atoms with Crippen molar-refractivity contribution in [1.82, 2.24) is 14.8 Å². The number of anilines is 1. The van der Waals surface area contributed by atoms with E-state index in [-0.39, 0.29) is 11.9 Å². The number of amides is 1. The zero-order valence-electron chi connectivity index (χ0n) is 14.3. The molecule has 4 rings (SSSR count). The minimum atomic E-state index is 0.0569. The SMILES string of the molecule is Cc1ccc2nn(C(C)C)c(-c3cc(C)c4c(c3)CC(=O)N4)c2n1. The topological polar surface area (TPSA) is 59.8 Å². The van der Waals surface area contributed by atoms with Crippen LogP contribution < -0.4 is 5.32 Å². The molecule has 1 amide bonds. The van der Waals surface area contributed by atoms with Crippen LogP contribution in [0.3, 0.4) is 0 Å². The van der Waals surface area contributed by atoms with Crippen LogP contribution >= 0.6 is 0 Å². The Morgan fingerprint density at radius 3 is 2.75 bits per heavy atom. The Balaban J connectivity index is 2.01. The minimum Gasteiger partial charge on any atom is -0.325 e. The Hall–Kier alpha value is -2.69. The summed E-state index contributed by atoms with van der Waals surface area (Å²) in [5.41, 5.74) is 7.95. The van der Waals surface area contributed by atoms with E-state index in [0.29, 0.717) is 6.42 Å². The van der Waals surface area contributed by atoms with Gasteiger partial charge in [0.2, 0.25) is 5.91 Å². The lowest BCUT2D eigenvalue weighted by Crippen LogP contribution is -2.05. The lowest BCUT2D eigenvalue weighted by molar-refractivity contribution is -0.115. The van der Waals surface area contributed by atoms with Crippen LogP contribution in [0.5, 0.6) is 0 Å². The predicted molar refractivity (Wildman–Crippen MR) is 95.2 cm³/mol. The number of aromatic nitrogens is 3. The number of nitrogens with one attached hydrogen (secondary N) is 1. The number of benzene rings is 1. The molecule has 1 N–H and O–H groups in total. The molecular weight excluding hydrogens is 300 g/mol. The molecule has 5 nitrogen and oxygen atoms in total. The fourth-order valence-corrected chi connectivity index (χ4v) is 3.39. The van der Waals surface area contributed by atoms with Gasteiger partial charge in [-0.1, -0.05) is 0 Å². The number of aryl methyl sites for hydroxylation is 2. The van der Waals surface area contributed by atoms with Gasteiger partial charge in [0, 0.05) is 23.0 Å². The van der Waals surface area contributed by atoms with Gasteiger partial charge in [-0.25, -0.2) is 4.98 Å². The number of carbonyl (C=O) groups is 1. The van der Waals surface area contributed by atoms with Gasteiger partial charge in [-0.3, -0.25) is 9.48 Å². The van der Waals surface area contributed by atoms with Crippen molar-refractivity contribution in [3.63, 3.8) is 0 Å². The summed E-state index contributed by atoms with van der Waals surface area (Å²) in [6.45, 7) is 8.26. The van der Waals surface area contributed by atoms with Crippen LogP contribution in [-0.2, 0) is 11.2 Å². The summed E-state index contributed by atoms with van der Waals surface area (Å²) >= 11 is 0. The average molecular weight is 320 g/mol. The maximum absolute atomic E-state index is 11.7. The highest BCUT2D eigenvalue weighted by atomic mass is 16.1. The predicted octanol–water partition coefficient (Wildman–Crippen LogP) is 3.79. The number of nitrogens with zero attached hydrogens (tertiary/aromatic N) is 3. The smallest absolute Gasteiger partial charge is 0.228 e. The lowest BCUT2D eigenvalue weighted by atomic mass is 10.0. The van der Waals surface area contributed by atoms with Crippen LogP contribution in [0.1, 0.15) is 36.7 Å². The molecule has 0 bridgehead atoms. The Labute approximate surface area is 140 Å². The molecule has 5 heteroatoms. The number of pyridine rings is 1. The van der Waals surface area contributed by atoms with E-state index in [4.69, 9.17) is 10.1 Å². The third-order valence-electron chi connectivity index (χ3n) is 4.48. The van der Waals surface area contributed by atoms with Crippen LogP contribution in [0, 0.1) is 13.8 Å². The highest BCUT2D eigenvalue weighted by Crippen LogP contribution is 2.36. The highest BCUT2D eigenvalue weighted by Gasteiger charge is 2.23. The molecule has 0 radical (unpaired) electrons. The Kier molecular flexibility index (Phi) is 3.20. The van der Waals surface area contributed by atoms with Crippen LogP contribution in [0.25, 0.3) is 22.3 Å². The van der Waals surface area contributed by atoms with Crippen molar-refractivity contribution in [1.29, 1.82) is 0 Å². The Morgan fingerprint density at radius 2 is 2.00 bits per heavy atom. The first kappa shape index (κ1) is 14.9. The molecule has 3 heterocycles. The molecule has 1 aliphatic rings. The van der Waals surface area contributed by atoms with E-state index in [1.54, 1.807) is 0 Å². The van der Waals surface area contributed by atoms with Gasteiger partial charge in [0.25, 0.3) is 0 Å². The van der Waals surface area contributed by atoms with Crippen molar-refractivity contribution >= 4 is 22.6 Å². The van der Waals surface area contributed by atoms with E-state index in [0.717, 1.165) is 44.8 Å². The summed E-state index contributed by atoms with van der Waals surface area (Å²) in [4.78, 5) is 16.5. The first-order valence-corrected chi connectivity index (χ1v) is 8.23. The van der Waals surface area contributed by atoms with Crippen molar-refractivity contribution in [3.8, 4) is 11.3 Å². The van der Waals surface area contributed by atoms with Crippen LogP contribution in [0.4, 0.5) is 5.69 Å². The van der Waals surface area contributed by atoms with Crippen LogP contribution in [0.2, 0.25) is 0 Å². The van der Waals surface area contributed by atoms with Gasteiger partial charge in [0.15, 0.2) is 0 Å². The number of hydrogen-bond acceptors (Lipinski definition) is 3. The number of carbonyl (C=O) groups excluding carboxylic acids is 1. The van der Waals surface area contributed by atoms with Crippen molar-refractivity contribution in [2.75, 3.05) is 5.32 Å². The average Bonchev–Trinajstić information content (AvgIpc) is 3.07. The quantitative estimate of drug-likeness (QED) is 0.781. The Morgan fingerprint density at radius 1 is 1.21 bits per heavy atom. The largest absolute Gasteiger partial charge is 0.325 e. The molecule has 2 aromatic heterocycles. The number of fused-ring (bicyclic) bond motifs is 2. The van der Waals surface area contributed by atoms with Gasteiger partial charge in [-0.05, 0) is 63.1 Å². The minimum absolute atomic E-state index is 0.0569. The summed E-state index contributed by atoms with van der Waals surface area (Å²) in [6, 6.07) is 8.44. The number of rotatable bonds is 2. The fourth-order valence-electron chi connectivity index (χ4n) is 3.39. The molecule has 24 heavy (non-hydrogen) atoms. The van der Waals surface area contributed by atoms with Gasteiger partial charge < -0.3 is 5.32 Å². The monoisotopic (exact) mass is 320 g/mol. The fraction of sp³-hybridized carbons (Fsp3) is 0.316. The summed E-state index contributed by atoms with van der Waals surface area (Å²) in [6.07, 6.45) is 0.435. The lowest BCUT2D eigenvalue weighted by Gasteiger charge is -2.13. The van der Waals surface area contributed by atoms with E-state index >= 15 is 0 Å². The van der Waals surface area contributed by atoms with E-state index in [1.807, 2.05) is 30.7 Å². The van der Waals surface area contributed by atoms with Gasteiger partial charge in [-0.2, -0.15) is 5.10 Å². The molecule has 122 valence electrons. The van der Waals surface area contributed by atoms with Crippen LogP contribution in [-0.4, -0.2) is 20.7 Å². The van der Waals surface area contributed by atoms with E-state index < -0.39 is 0 Å². The van der Waals surface area contributed by atoms with Crippen molar-refractivity contribution in [2.24, 2.45) is 0 Å². The molecule has 0 aliphatic carbocycles. The van der Waals surface area contributed by atoms with E-state index in [9.17, 15) is 4.79 Å². The molecule has 0 saturated heterocycles. The summed E-state index contributed by atoms with van der Waals surface area (Å²) in [5.74, 6) is 0.0569. The second-order valence-electron chi connectivity index (χ2n) is 6.76. The van der Waals surface area contributed by atoms with Gasteiger partial charge in [-0.15, -0.1) is 0 Å². The molecule has 1 aromatic carbocycles. The second-order valence-corrected chi connectivity index (χ2v) is 6.76. The maximum atomic E-state index is 11.7. The first-order valence-electron chi connectivity index (χ1n) is 8.23. The standard InChI is InChI=1S/C19H20N4O/c1-10(2)23-19(18-15(22-23)6-5-12(4)20-18)14-7-11(3)17-13(8-14)9-16(24)21-17/h5-8,10H,9H2,1-4H3,(H,21,24). The van der Waals surface area contributed by atoms with Gasteiger partial charge >= 0.3 is 0 Å². The highest BCUT2D eigenvalue weighted by molar-refractivity contribution is 6.01. The third-order valence-corrected chi connectivity index (χ3v) is 4.48. The summed E-state index contributed by atoms with van der Waals surface area (Å²) in [7, 11) is 0.